The molecule has 0 spiro atoms. The Kier molecular flexibility index (Phi) is 4.70. The van der Waals surface area contributed by atoms with Crippen LogP contribution in [-0.2, 0) is 23.8 Å². The molecule has 1 N–H and O–H groups in total. The van der Waals surface area contributed by atoms with E-state index in [-0.39, 0.29) is 24.4 Å². The summed E-state index contributed by atoms with van der Waals surface area (Å²) in [5.74, 6) is -1.09. The molecule has 2 heterocycles. The van der Waals surface area contributed by atoms with Gasteiger partial charge in [-0.05, 0) is 23.8 Å². The normalized spacial score (nSPS) is 11.5. The van der Waals surface area contributed by atoms with Gasteiger partial charge in [-0.1, -0.05) is 18.2 Å². The van der Waals surface area contributed by atoms with Crippen molar-refractivity contribution in [1.29, 1.82) is 0 Å². The van der Waals surface area contributed by atoms with Crippen LogP contribution in [0.5, 0.6) is 0 Å². The zero-order valence-electron chi connectivity index (χ0n) is 13.2. The van der Waals surface area contributed by atoms with Gasteiger partial charge in [0.2, 0.25) is 5.78 Å². The fraction of sp³-hybridized carbons (Fsp3) is 0.176. The minimum Gasteiger partial charge on any atom is -0.465 e. The quantitative estimate of drug-likeness (QED) is 0.537. The summed E-state index contributed by atoms with van der Waals surface area (Å²) in [5.41, 5.74) is -0.320. The number of alkyl halides is 3. The SMILES string of the molecule is O=C(Cc1ccc(Cc2cccc(C(F)(F)F)c2)o1)C(=O)c1ncn[nH]1. The van der Waals surface area contributed by atoms with Crippen molar-refractivity contribution < 1.29 is 27.2 Å². The van der Waals surface area contributed by atoms with Crippen LogP contribution < -0.4 is 0 Å². The summed E-state index contributed by atoms with van der Waals surface area (Å²) in [5, 5.41) is 5.80. The lowest BCUT2D eigenvalue weighted by molar-refractivity contribution is -0.137. The number of ketones is 2. The Morgan fingerprint density at radius 3 is 2.58 bits per heavy atom. The Morgan fingerprint density at radius 1 is 1.12 bits per heavy atom. The maximum atomic E-state index is 12.7. The smallest absolute Gasteiger partial charge is 0.416 e. The van der Waals surface area contributed by atoms with Crippen LogP contribution >= 0.6 is 0 Å². The number of benzene rings is 1. The lowest BCUT2D eigenvalue weighted by Crippen LogP contribution is -2.17. The molecule has 0 bridgehead atoms. The number of hydrogen-bond donors (Lipinski definition) is 1. The zero-order chi connectivity index (χ0) is 18.7. The van der Waals surface area contributed by atoms with Crippen molar-refractivity contribution >= 4 is 11.6 Å². The molecule has 0 unspecified atom stereocenters. The van der Waals surface area contributed by atoms with Gasteiger partial charge in [-0.15, -0.1) is 0 Å². The molecule has 0 saturated carbocycles. The second kappa shape index (κ2) is 6.95. The van der Waals surface area contributed by atoms with E-state index in [1.165, 1.54) is 12.1 Å². The van der Waals surface area contributed by atoms with Crippen molar-refractivity contribution in [2.24, 2.45) is 0 Å². The van der Waals surface area contributed by atoms with Crippen LogP contribution in [0.25, 0.3) is 0 Å². The average Bonchev–Trinajstić information content (AvgIpc) is 3.26. The van der Waals surface area contributed by atoms with E-state index >= 15 is 0 Å². The molecule has 1 aromatic carbocycles. The highest BCUT2D eigenvalue weighted by atomic mass is 19.4. The standard InChI is InChI=1S/C17H12F3N3O3/c18-17(19,20)11-3-1-2-10(6-11)7-12-4-5-13(26-12)8-14(24)15(25)16-21-9-22-23-16/h1-6,9H,7-8H2,(H,21,22,23). The van der Waals surface area contributed by atoms with E-state index in [2.05, 4.69) is 15.2 Å². The Bertz CT molecular complexity index is 930. The summed E-state index contributed by atoms with van der Waals surface area (Å²) in [4.78, 5) is 27.3. The third-order valence-electron chi connectivity index (χ3n) is 3.57. The molecule has 0 radical (unpaired) electrons. The molecule has 3 aromatic rings. The Labute approximate surface area is 145 Å². The fourth-order valence-electron chi connectivity index (χ4n) is 2.36. The van der Waals surface area contributed by atoms with Gasteiger partial charge in [0.1, 0.15) is 17.8 Å². The maximum absolute atomic E-state index is 12.7. The van der Waals surface area contributed by atoms with Crippen LogP contribution in [-0.4, -0.2) is 26.7 Å². The van der Waals surface area contributed by atoms with Crippen LogP contribution in [0.1, 0.15) is 33.3 Å². The van der Waals surface area contributed by atoms with Gasteiger partial charge in [-0.3, -0.25) is 14.7 Å². The number of nitrogens with one attached hydrogen (secondary N) is 1. The molecule has 6 nitrogen and oxygen atoms in total. The molecule has 0 amide bonds. The van der Waals surface area contributed by atoms with E-state index in [4.69, 9.17) is 4.42 Å². The molecule has 0 aliphatic carbocycles. The summed E-state index contributed by atoms with van der Waals surface area (Å²) in [6, 6.07) is 7.97. The van der Waals surface area contributed by atoms with Gasteiger partial charge >= 0.3 is 6.18 Å². The molecule has 0 aliphatic rings. The number of rotatable bonds is 6. The van der Waals surface area contributed by atoms with Crippen molar-refractivity contribution in [3.8, 4) is 0 Å². The molecule has 0 fully saturated rings. The highest BCUT2D eigenvalue weighted by Gasteiger charge is 2.30. The van der Waals surface area contributed by atoms with Crippen molar-refractivity contribution in [3.05, 3.63) is 71.2 Å². The number of carbonyl (C=O) groups is 2. The molecule has 0 saturated heterocycles. The van der Waals surface area contributed by atoms with E-state index in [1.807, 2.05) is 0 Å². The van der Waals surface area contributed by atoms with Gasteiger partial charge in [0.05, 0.1) is 12.0 Å². The molecule has 2 aromatic heterocycles. The first-order valence-electron chi connectivity index (χ1n) is 7.49. The lowest BCUT2D eigenvalue weighted by Gasteiger charge is -2.07. The van der Waals surface area contributed by atoms with Crippen LogP contribution in [0, 0.1) is 0 Å². The first-order valence-corrected chi connectivity index (χ1v) is 7.49. The Morgan fingerprint density at radius 2 is 1.88 bits per heavy atom. The second-order valence-corrected chi connectivity index (χ2v) is 5.51. The van der Waals surface area contributed by atoms with Gasteiger partial charge in [0.25, 0.3) is 5.78 Å². The largest absolute Gasteiger partial charge is 0.465 e. The van der Waals surface area contributed by atoms with Crippen LogP contribution in [0.3, 0.4) is 0 Å². The summed E-state index contributed by atoms with van der Waals surface area (Å²) in [7, 11) is 0. The van der Waals surface area contributed by atoms with Crippen molar-refractivity contribution in [3.63, 3.8) is 0 Å². The number of aromatic nitrogens is 3. The van der Waals surface area contributed by atoms with Crippen molar-refractivity contribution in [2.75, 3.05) is 0 Å². The maximum Gasteiger partial charge on any atom is 0.416 e. The van der Waals surface area contributed by atoms with Crippen LogP contribution in [0.2, 0.25) is 0 Å². The second-order valence-electron chi connectivity index (χ2n) is 5.51. The van der Waals surface area contributed by atoms with Crippen molar-refractivity contribution in [2.45, 2.75) is 19.0 Å². The number of aromatic amines is 1. The summed E-state index contributed by atoms with van der Waals surface area (Å²) in [6.45, 7) is 0. The monoisotopic (exact) mass is 363 g/mol. The molecule has 26 heavy (non-hydrogen) atoms. The number of hydrogen-bond acceptors (Lipinski definition) is 5. The molecular weight excluding hydrogens is 351 g/mol. The molecule has 9 heteroatoms. The summed E-state index contributed by atoms with van der Waals surface area (Å²) >= 11 is 0. The first kappa shape index (κ1) is 17.6. The molecule has 0 aliphatic heterocycles. The Hall–Kier alpha value is -3.23. The Balaban J connectivity index is 1.67. The number of carbonyl (C=O) groups excluding carboxylic acids is 2. The molecule has 3 rings (SSSR count). The zero-order valence-corrected chi connectivity index (χ0v) is 13.2. The number of H-pyrrole nitrogens is 1. The predicted octanol–water partition coefficient (Wildman–Crippen LogP) is 3.00. The average molecular weight is 363 g/mol. The minimum atomic E-state index is -4.42. The van der Waals surface area contributed by atoms with E-state index < -0.39 is 23.3 Å². The number of nitrogens with zero attached hydrogens (tertiary/aromatic N) is 2. The third kappa shape index (κ3) is 4.05. The number of furan rings is 1. The molecular formula is C17H12F3N3O3. The number of halogens is 3. The summed E-state index contributed by atoms with van der Waals surface area (Å²) < 4.78 is 43.7. The van der Waals surface area contributed by atoms with E-state index in [0.29, 0.717) is 11.3 Å². The van der Waals surface area contributed by atoms with Crippen LogP contribution in [0.15, 0.2) is 47.1 Å². The van der Waals surface area contributed by atoms with Crippen LogP contribution in [0.4, 0.5) is 13.2 Å². The van der Waals surface area contributed by atoms with E-state index in [9.17, 15) is 22.8 Å². The van der Waals surface area contributed by atoms with Crippen molar-refractivity contribution in [1.82, 2.24) is 15.2 Å². The van der Waals surface area contributed by atoms with Gasteiger partial charge in [0.15, 0.2) is 5.82 Å². The van der Waals surface area contributed by atoms with Gasteiger partial charge in [-0.2, -0.15) is 18.3 Å². The van der Waals surface area contributed by atoms with Gasteiger partial charge < -0.3 is 4.42 Å². The molecule has 0 atom stereocenters. The minimum absolute atomic E-state index is 0.133. The van der Waals surface area contributed by atoms with Gasteiger partial charge in [-0.25, -0.2) is 4.98 Å². The number of Topliss-reactive ketones (excluding diaryl/α,β-unsaturated/α-hetero) is 2. The molecule has 134 valence electrons. The first-order chi connectivity index (χ1) is 12.3. The van der Waals surface area contributed by atoms with E-state index in [1.54, 1.807) is 12.1 Å². The third-order valence-corrected chi connectivity index (χ3v) is 3.57. The predicted molar refractivity (Wildman–Crippen MR) is 82.4 cm³/mol. The van der Waals surface area contributed by atoms with Gasteiger partial charge in [0, 0.05) is 6.42 Å². The van der Waals surface area contributed by atoms with E-state index in [0.717, 1.165) is 18.5 Å². The lowest BCUT2D eigenvalue weighted by atomic mass is 10.1. The fourth-order valence-corrected chi connectivity index (χ4v) is 2.36. The summed E-state index contributed by atoms with van der Waals surface area (Å²) in [6.07, 6.45) is -3.45. The highest BCUT2D eigenvalue weighted by molar-refractivity contribution is 6.42. The highest BCUT2D eigenvalue weighted by Crippen LogP contribution is 2.30. The topological polar surface area (TPSA) is 88.8 Å².